The fourth-order valence-electron chi connectivity index (χ4n) is 1.95. The number of aromatic nitrogens is 1. The molecule has 0 atom stereocenters. The van der Waals surface area contributed by atoms with E-state index in [9.17, 15) is 5.11 Å². The van der Waals surface area contributed by atoms with Crippen LogP contribution in [0.15, 0.2) is 36.4 Å². The van der Waals surface area contributed by atoms with E-state index in [0.29, 0.717) is 0 Å². The first-order valence-electron chi connectivity index (χ1n) is 5.81. The average Bonchev–Trinajstić information content (AvgIpc) is 2.73. The van der Waals surface area contributed by atoms with E-state index < -0.39 is 0 Å². The third-order valence-corrected chi connectivity index (χ3v) is 4.19. The lowest BCUT2D eigenvalue weighted by Crippen LogP contribution is -1.80. The van der Waals surface area contributed by atoms with Gasteiger partial charge >= 0.3 is 0 Å². The van der Waals surface area contributed by atoms with E-state index >= 15 is 0 Å². The molecule has 3 aromatic rings. The van der Waals surface area contributed by atoms with Gasteiger partial charge in [0.25, 0.3) is 0 Å². The molecule has 90 valence electrons. The Hall–Kier alpha value is -1.87. The molecule has 0 unspecified atom stereocenters. The van der Waals surface area contributed by atoms with Gasteiger partial charge in [0.15, 0.2) is 0 Å². The van der Waals surface area contributed by atoms with Gasteiger partial charge in [-0.15, -0.1) is 11.3 Å². The Morgan fingerprint density at radius 2 is 1.78 bits per heavy atom. The number of aromatic hydroxyl groups is 1. The summed E-state index contributed by atoms with van der Waals surface area (Å²) in [6, 6.07) is 11.6. The van der Waals surface area contributed by atoms with E-state index in [2.05, 4.69) is 31.0 Å². The molecule has 18 heavy (non-hydrogen) atoms. The maximum Gasteiger partial charge on any atom is 0.128 e. The van der Waals surface area contributed by atoms with Crippen molar-refractivity contribution < 1.29 is 5.11 Å². The third-order valence-electron chi connectivity index (χ3n) is 3.14. The molecule has 0 aliphatic carbocycles. The molecule has 0 spiro atoms. The van der Waals surface area contributed by atoms with Crippen LogP contribution >= 0.6 is 11.3 Å². The van der Waals surface area contributed by atoms with Gasteiger partial charge in [0.2, 0.25) is 0 Å². The van der Waals surface area contributed by atoms with E-state index in [4.69, 9.17) is 0 Å². The van der Waals surface area contributed by atoms with Crippen molar-refractivity contribution in [3.63, 3.8) is 0 Å². The van der Waals surface area contributed by atoms with Crippen molar-refractivity contribution in [2.75, 3.05) is 0 Å². The van der Waals surface area contributed by atoms with E-state index in [1.54, 1.807) is 17.4 Å². The second kappa shape index (κ2) is 4.10. The second-order valence-electron chi connectivity index (χ2n) is 4.44. The lowest BCUT2D eigenvalue weighted by Gasteiger charge is -1.98. The number of phenols is 1. The standard InChI is InChI=1S/C15H13NOS/c1-9-7-12-14(8-10(9)2)18-15(16-12)11-5-3-4-6-13(11)17/h3-8,17H,1-2H3. The van der Waals surface area contributed by atoms with Crippen LogP contribution in [-0.4, -0.2) is 10.1 Å². The normalized spacial score (nSPS) is 11.0. The smallest absolute Gasteiger partial charge is 0.128 e. The SMILES string of the molecule is Cc1cc2nc(-c3ccccc3O)sc2cc1C. The minimum absolute atomic E-state index is 0.282. The Morgan fingerprint density at radius 3 is 2.56 bits per heavy atom. The quantitative estimate of drug-likeness (QED) is 0.703. The minimum atomic E-state index is 0.282. The fraction of sp³-hybridized carbons (Fsp3) is 0.133. The van der Waals surface area contributed by atoms with Crippen LogP contribution in [0.25, 0.3) is 20.8 Å². The molecule has 0 saturated carbocycles. The van der Waals surface area contributed by atoms with Crippen molar-refractivity contribution in [3.8, 4) is 16.3 Å². The van der Waals surface area contributed by atoms with Crippen molar-refractivity contribution in [2.24, 2.45) is 0 Å². The highest BCUT2D eigenvalue weighted by Gasteiger charge is 2.10. The monoisotopic (exact) mass is 255 g/mol. The largest absolute Gasteiger partial charge is 0.507 e. The Bertz CT molecular complexity index is 691. The number of hydrogen-bond acceptors (Lipinski definition) is 3. The topological polar surface area (TPSA) is 33.1 Å². The number of benzene rings is 2. The summed E-state index contributed by atoms with van der Waals surface area (Å²) in [5, 5.41) is 10.7. The number of para-hydroxylation sites is 1. The van der Waals surface area contributed by atoms with E-state index in [0.717, 1.165) is 20.8 Å². The first-order valence-corrected chi connectivity index (χ1v) is 6.63. The maximum absolute atomic E-state index is 9.86. The number of fused-ring (bicyclic) bond motifs is 1. The van der Waals surface area contributed by atoms with Gasteiger partial charge in [-0.2, -0.15) is 0 Å². The van der Waals surface area contributed by atoms with Gasteiger partial charge in [0.1, 0.15) is 10.8 Å². The average molecular weight is 255 g/mol. The predicted octanol–water partition coefficient (Wildman–Crippen LogP) is 4.29. The molecule has 3 rings (SSSR count). The Balaban J connectivity index is 2.23. The van der Waals surface area contributed by atoms with Gasteiger partial charge in [-0.25, -0.2) is 4.98 Å². The Morgan fingerprint density at radius 1 is 1.06 bits per heavy atom. The van der Waals surface area contributed by atoms with E-state index in [1.165, 1.54) is 11.1 Å². The molecule has 0 bridgehead atoms. The number of thiazole rings is 1. The van der Waals surface area contributed by atoms with Crippen LogP contribution in [0.5, 0.6) is 5.75 Å². The first kappa shape index (κ1) is 11.2. The van der Waals surface area contributed by atoms with Gasteiger partial charge in [0.05, 0.1) is 15.8 Å². The summed E-state index contributed by atoms with van der Waals surface area (Å²) in [5.74, 6) is 0.282. The number of rotatable bonds is 1. The highest BCUT2D eigenvalue weighted by molar-refractivity contribution is 7.21. The van der Waals surface area contributed by atoms with Gasteiger partial charge < -0.3 is 5.11 Å². The zero-order valence-corrected chi connectivity index (χ0v) is 11.1. The lowest BCUT2D eigenvalue weighted by molar-refractivity contribution is 0.477. The molecule has 0 amide bonds. The van der Waals surface area contributed by atoms with Crippen molar-refractivity contribution in [1.82, 2.24) is 4.98 Å². The van der Waals surface area contributed by atoms with Gasteiger partial charge in [-0.3, -0.25) is 0 Å². The highest BCUT2D eigenvalue weighted by Crippen LogP contribution is 2.35. The number of nitrogens with zero attached hydrogens (tertiary/aromatic N) is 1. The number of phenolic OH excluding ortho intramolecular Hbond substituents is 1. The van der Waals surface area contributed by atoms with Gasteiger partial charge in [-0.1, -0.05) is 12.1 Å². The zero-order valence-electron chi connectivity index (χ0n) is 10.3. The van der Waals surface area contributed by atoms with Crippen molar-refractivity contribution in [1.29, 1.82) is 0 Å². The van der Waals surface area contributed by atoms with Crippen LogP contribution in [0.4, 0.5) is 0 Å². The first-order chi connectivity index (χ1) is 8.65. The van der Waals surface area contributed by atoms with Gasteiger partial charge in [0, 0.05) is 0 Å². The lowest BCUT2D eigenvalue weighted by atomic mass is 10.1. The van der Waals surface area contributed by atoms with Crippen molar-refractivity contribution >= 4 is 21.6 Å². The van der Waals surface area contributed by atoms with Crippen LogP contribution in [0.3, 0.4) is 0 Å². The summed E-state index contributed by atoms with van der Waals surface area (Å²) in [6.45, 7) is 4.20. The maximum atomic E-state index is 9.86. The van der Waals surface area contributed by atoms with Crippen LogP contribution in [-0.2, 0) is 0 Å². The van der Waals surface area contributed by atoms with E-state index in [-0.39, 0.29) is 5.75 Å². The molecule has 1 aromatic heterocycles. The minimum Gasteiger partial charge on any atom is -0.507 e. The molecule has 3 heteroatoms. The summed E-state index contributed by atoms with van der Waals surface area (Å²) in [4.78, 5) is 4.60. The molecule has 0 saturated heterocycles. The molecule has 0 radical (unpaired) electrons. The highest BCUT2D eigenvalue weighted by atomic mass is 32.1. The molecular weight excluding hydrogens is 242 g/mol. The summed E-state index contributed by atoms with van der Waals surface area (Å²) in [6.07, 6.45) is 0. The fourth-order valence-corrected chi connectivity index (χ4v) is 3.03. The van der Waals surface area contributed by atoms with Gasteiger partial charge in [-0.05, 0) is 49.2 Å². The van der Waals surface area contributed by atoms with Crippen molar-refractivity contribution in [3.05, 3.63) is 47.5 Å². The van der Waals surface area contributed by atoms with E-state index in [1.807, 2.05) is 18.2 Å². The van der Waals surface area contributed by atoms with Crippen LogP contribution in [0.2, 0.25) is 0 Å². The molecule has 2 aromatic carbocycles. The van der Waals surface area contributed by atoms with Crippen LogP contribution in [0.1, 0.15) is 11.1 Å². The number of hydrogen-bond donors (Lipinski definition) is 1. The molecular formula is C15H13NOS. The zero-order chi connectivity index (χ0) is 12.7. The van der Waals surface area contributed by atoms with Crippen molar-refractivity contribution in [2.45, 2.75) is 13.8 Å². The molecule has 1 N–H and O–H groups in total. The van der Waals surface area contributed by atoms with Crippen LogP contribution < -0.4 is 0 Å². The number of aryl methyl sites for hydroxylation is 2. The van der Waals surface area contributed by atoms with Crippen LogP contribution in [0, 0.1) is 13.8 Å². The third kappa shape index (κ3) is 1.77. The summed E-state index contributed by atoms with van der Waals surface area (Å²) in [7, 11) is 0. The molecule has 2 nitrogen and oxygen atoms in total. The Kier molecular flexibility index (Phi) is 2.56. The molecule has 0 aliphatic rings. The molecule has 0 aliphatic heterocycles. The summed E-state index contributed by atoms with van der Waals surface area (Å²) >= 11 is 1.62. The Labute approximate surface area is 110 Å². The molecule has 1 heterocycles. The molecule has 0 fully saturated rings. The summed E-state index contributed by atoms with van der Waals surface area (Å²) < 4.78 is 1.16. The second-order valence-corrected chi connectivity index (χ2v) is 5.47. The summed E-state index contributed by atoms with van der Waals surface area (Å²) in [5.41, 5.74) is 4.32. The predicted molar refractivity (Wildman–Crippen MR) is 76.2 cm³/mol.